The van der Waals surface area contributed by atoms with Gasteiger partial charge in [-0.05, 0) is 18.0 Å². The van der Waals surface area contributed by atoms with E-state index in [1.54, 1.807) is 18.3 Å². The van der Waals surface area contributed by atoms with E-state index in [0.717, 1.165) is 40.9 Å². The largest absolute Gasteiger partial charge is 0.278 e. The molecule has 0 saturated carbocycles. The maximum absolute atomic E-state index is 10.9. The highest BCUT2D eigenvalue weighted by molar-refractivity contribution is 7.98. The van der Waals surface area contributed by atoms with Gasteiger partial charge < -0.3 is 0 Å². The lowest BCUT2D eigenvalue weighted by Crippen LogP contribution is -2.02. The summed E-state index contributed by atoms with van der Waals surface area (Å²) in [6.45, 7) is 0. The predicted molar refractivity (Wildman–Crippen MR) is 65.5 cm³/mol. The highest BCUT2D eigenvalue weighted by Gasteiger charge is 2.15. The fourth-order valence-electron chi connectivity index (χ4n) is 1.90. The topological polar surface area (TPSA) is 47.2 Å². The second kappa shape index (κ2) is 3.75. The lowest BCUT2D eigenvalue weighted by atomic mass is 10.1. The molecular formula is C11H9N3OS. The summed E-state index contributed by atoms with van der Waals surface area (Å²) in [5.74, 6) is 1.01. The van der Waals surface area contributed by atoms with Crippen LogP contribution in [0, 0.1) is 0 Å². The van der Waals surface area contributed by atoms with E-state index in [1.807, 2.05) is 18.2 Å². The number of nitrogens with zero attached hydrogens (tertiary/aromatic N) is 3. The second-order valence-electron chi connectivity index (χ2n) is 3.55. The van der Waals surface area contributed by atoms with Crippen LogP contribution in [0.25, 0.3) is 11.0 Å². The number of aromatic nitrogens is 2. The number of carbonyl (C=O) groups is 1. The van der Waals surface area contributed by atoms with Crippen molar-refractivity contribution in [3.63, 3.8) is 0 Å². The highest BCUT2D eigenvalue weighted by atomic mass is 32.2. The molecule has 4 nitrogen and oxygen atoms in total. The number of rotatable bonds is 2. The molecule has 0 N–H and O–H groups in total. The SMILES string of the molecule is O=Cn1cnc2cccc(C3=NSCC3)c21. The third-order valence-corrected chi connectivity index (χ3v) is 3.36. The first-order valence-electron chi connectivity index (χ1n) is 5.00. The molecule has 0 fully saturated rings. The van der Waals surface area contributed by atoms with Crippen molar-refractivity contribution in [1.29, 1.82) is 0 Å². The van der Waals surface area contributed by atoms with Crippen LogP contribution in [0.15, 0.2) is 28.9 Å². The molecule has 5 heteroatoms. The van der Waals surface area contributed by atoms with Crippen molar-refractivity contribution in [1.82, 2.24) is 9.55 Å². The van der Waals surface area contributed by atoms with Gasteiger partial charge in [-0.3, -0.25) is 9.36 Å². The van der Waals surface area contributed by atoms with Crippen molar-refractivity contribution in [2.24, 2.45) is 4.40 Å². The van der Waals surface area contributed by atoms with Crippen LogP contribution in [0.3, 0.4) is 0 Å². The van der Waals surface area contributed by atoms with Crippen LogP contribution >= 0.6 is 11.9 Å². The molecule has 0 saturated heterocycles. The normalized spacial score (nSPS) is 15.4. The zero-order valence-electron chi connectivity index (χ0n) is 8.46. The number of carbonyl (C=O) groups excluding carboxylic acids is 1. The average Bonchev–Trinajstić information content (AvgIpc) is 2.97. The average molecular weight is 231 g/mol. The molecule has 1 aromatic heterocycles. The first-order chi connectivity index (χ1) is 7.90. The minimum absolute atomic E-state index is 0.779. The Kier molecular flexibility index (Phi) is 2.25. The molecule has 0 atom stereocenters. The van der Waals surface area contributed by atoms with Crippen molar-refractivity contribution in [3.05, 3.63) is 30.1 Å². The molecule has 0 amide bonds. The zero-order chi connectivity index (χ0) is 11.0. The number of imidazole rings is 1. The molecule has 1 aliphatic heterocycles. The summed E-state index contributed by atoms with van der Waals surface area (Å²) in [6, 6.07) is 5.85. The molecule has 1 aliphatic rings. The van der Waals surface area contributed by atoms with Gasteiger partial charge in [0.2, 0.25) is 6.41 Å². The Labute approximate surface area is 96.5 Å². The molecule has 80 valence electrons. The van der Waals surface area contributed by atoms with Crippen molar-refractivity contribution in [2.75, 3.05) is 5.75 Å². The molecule has 16 heavy (non-hydrogen) atoms. The fraction of sp³-hybridized carbons (Fsp3) is 0.182. The Morgan fingerprint density at radius 1 is 1.44 bits per heavy atom. The summed E-state index contributed by atoms with van der Waals surface area (Å²) in [6.07, 6.45) is 3.28. The fourth-order valence-corrected chi connectivity index (χ4v) is 2.62. The molecular weight excluding hydrogens is 222 g/mol. The van der Waals surface area contributed by atoms with Gasteiger partial charge in [-0.2, -0.15) is 0 Å². The molecule has 0 unspecified atom stereocenters. The molecule has 1 aromatic carbocycles. The van der Waals surface area contributed by atoms with Crippen molar-refractivity contribution < 1.29 is 4.79 Å². The zero-order valence-corrected chi connectivity index (χ0v) is 9.28. The lowest BCUT2D eigenvalue weighted by Gasteiger charge is -2.03. The standard InChI is InChI=1S/C11H9N3OS/c15-7-14-6-12-10-3-1-2-8(11(10)14)9-4-5-16-13-9/h1-3,6-7H,4-5H2. The number of hydrogen-bond donors (Lipinski definition) is 0. The molecule has 2 heterocycles. The first-order valence-corrected chi connectivity index (χ1v) is 5.94. The summed E-state index contributed by atoms with van der Waals surface area (Å²) in [5, 5.41) is 0. The molecule has 0 aliphatic carbocycles. The van der Waals surface area contributed by atoms with E-state index >= 15 is 0 Å². The van der Waals surface area contributed by atoms with Crippen LogP contribution in [-0.2, 0) is 4.79 Å². The minimum atomic E-state index is 0.779. The van der Waals surface area contributed by atoms with Crippen LogP contribution in [0.5, 0.6) is 0 Å². The monoisotopic (exact) mass is 231 g/mol. The quantitative estimate of drug-likeness (QED) is 0.586. The lowest BCUT2D eigenvalue weighted by molar-refractivity contribution is 0.548. The first kappa shape index (κ1) is 9.59. The number of benzene rings is 1. The minimum Gasteiger partial charge on any atom is -0.278 e. The number of fused-ring (bicyclic) bond motifs is 1. The van der Waals surface area contributed by atoms with Gasteiger partial charge in [-0.1, -0.05) is 12.1 Å². The maximum atomic E-state index is 10.9. The van der Waals surface area contributed by atoms with E-state index in [9.17, 15) is 4.79 Å². The summed E-state index contributed by atoms with van der Waals surface area (Å²) < 4.78 is 5.90. The van der Waals surface area contributed by atoms with E-state index in [-0.39, 0.29) is 0 Å². The highest BCUT2D eigenvalue weighted by Crippen LogP contribution is 2.25. The van der Waals surface area contributed by atoms with Crippen LogP contribution < -0.4 is 0 Å². The van der Waals surface area contributed by atoms with Crippen molar-refractivity contribution in [3.8, 4) is 0 Å². The summed E-state index contributed by atoms with van der Waals surface area (Å²) in [5.41, 5.74) is 3.77. The summed E-state index contributed by atoms with van der Waals surface area (Å²) in [4.78, 5) is 15.1. The van der Waals surface area contributed by atoms with Crippen LogP contribution in [0.4, 0.5) is 0 Å². The third-order valence-electron chi connectivity index (χ3n) is 2.62. The maximum Gasteiger partial charge on any atom is 0.219 e. The van der Waals surface area contributed by atoms with Crippen LogP contribution in [-0.4, -0.2) is 27.4 Å². The molecule has 0 radical (unpaired) electrons. The van der Waals surface area contributed by atoms with Gasteiger partial charge in [0.15, 0.2) is 0 Å². The molecule has 0 spiro atoms. The predicted octanol–water partition coefficient (Wildman–Crippen LogP) is 1.92. The van der Waals surface area contributed by atoms with E-state index in [4.69, 9.17) is 0 Å². The van der Waals surface area contributed by atoms with Gasteiger partial charge >= 0.3 is 0 Å². The van der Waals surface area contributed by atoms with Crippen LogP contribution in [0.1, 0.15) is 12.0 Å². The third kappa shape index (κ3) is 1.36. The number of hydrogen-bond acceptors (Lipinski definition) is 4. The Hall–Kier alpha value is -1.62. The van der Waals surface area contributed by atoms with Gasteiger partial charge in [0.1, 0.15) is 6.33 Å². The van der Waals surface area contributed by atoms with E-state index in [0.29, 0.717) is 0 Å². The van der Waals surface area contributed by atoms with Crippen molar-refractivity contribution in [2.45, 2.75) is 6.42 Å². The smallest absolute Gasteiger partial charge is 0.219 e. The van der Waals surface area contributed by atoms with Gasteiger partial charge in [0, 0.05) is 17.7 Å². The van der Waals surface area contributed by atoms with Crippen molar-refractivity contribution >= 4 is 35.1 Å². The molecule has 0 bridgehead atoms. The Balaban J connectivity index is 2.30. The van der Waals surface area contributed by atoms with Gasteiger partial charge in [0.25, 0.3) is 0 Å². The molecule has 3 rings (SSSR count). The summed E-state index contributed by atoms with van der Waals surface area (Å²) in [7, 11) is 0. The van der Waals surface area contributed by atoms with Gasteiger partial charge in [0.05, 0.1) is 16.7 Å². The van der Waals surface area contributed by atoms with Gasteiger partial charge in [-0.25, -0.2) is 9.38 Å². The van der Waals surface area contributed by atoms with E-state index < -0.39 is 0 Å². The second-order valence-corrected chi connectivity index (χ2v) is 4.40. The van der Waals surface area contributed by atoms with Gasteiger partial charge in [-0.15, -0.1) is 0 Å². The Bertz CT molecular complexity index is 588. The number of para-hydroxylation sites is 1. The van der Waals surface area contributed by atoms with Crippen LogP contribution in [0.2, 0.25) is 0 Å². The Morgan fingerprint density at radius 2 is 2.38 bits per heavy atom. The summed E-state index contributed by atoms with van der Waals surface area (Å²) >= 11 is 1.57. The Morgan fingerprint density at radius 3 is 3.12 bits per heavy atom. The molecule has 2 aromatic rings. The van der Waals surface area contributed by atoms with E-state index in [2.05, 4.69) is 9.38 Å². The van der Waals surface area contributed by atoms with E-state index in [1.165, 1.54) is 4.57 Å².